The number of aliphatic hydroxyl groups is 3. The van der Waals surface area contributed by atoms with Gasteiger partial charge >= 0.3 is 0 Å². The fourth-order valence-corrected chi connectivity index (χ4v) is 2.49. The van der Waals surface area contributed by atoms with E-state index in [4.69, 9.17) is 0 Å². The van der Waals surface area contributed by atoms with Gasteiger partial charge < -0.3 is 15.3 Å². The maximum Gasteiger partial charge on any atom is 0.109 e. The highest BCUT2D eigenvalue weighted by molar-refractivity contribution is 5.49. The van der Waals surface area contributed by atoms with Gasteiger partial charge in [0, 0.05) is 13.1 Å². The number of nitrogens with zero attached hydrogens (tertiary/aromatic N) is 1. The molecule has 1 saturated heterocycles. The summed E-state index contributed by atoms with van der Waals surface area (Å²) in [6.45, 7) is 4.54. The van der Waals surface area contributed by atoms with E-state index in [1.54, 1.807) is 6.08 Å². The normalized spacial score (nSPS) is 31.6. The van der Waals surface area contributed by atoms with E-state index in [1.807, 2.05) is 47.4 Å². The van der Waals surface area contributed by atoms with Crippen LogP contribution in [0.15, 0.2) is 49.1 Å². The van der Waals surface area contributed by atoms with E-state index in [9.17, 15) is 15.3 Å². The standard InChI is InChI=1S/C16H21NO3/c1-2-10-17-11-14(18)16(20)15(19)13(17)9-8-12-6-4-3-5-7-12/h2-9,13-16,18-20H,1,10-11H2/b9-8+/t13-,14+,15+,16+/m0/s1. The quantitative estimate of drug-likeness (QED) is 0.706. The predicted octanol–water partition coefficient (Wildman–Crippen LogP) is 0.653. The summed E-state index contributed by atoms with van der Waals surface area (Å²) in [6, 6.07) is 9.42. The van der Waals surface area contributed by atoms with Crippen molar-refractivity contribution < 1.29 is 15.3 Å². The molecule has 0 aliphatic carbocycles. The molecule has 0 amide bonds. The van der Waals surface area contributed by atoms with Crippen LogP contribution in [0.25, 0.3) is 6.08 Å². The molecule has 4 heteroatoms. The maximum atomic E-state index is 10.1. The summed E-state index contributed by atoms with van der Waals surface area (Å²) in [7, 11) is 0. The lowest BCUT2D eigenvalue weighted by molar-refractivity contribution is -0.124. The number of benzene rings is 1. The van der Waals surface area contributed by atoms with Gasteiger partial charge in [-0.1, -0.05) is 48.6 Å². The van der Waals surface area contributed by atoms with E-state index in [0.29, 0.717) is 13.1 Å². The Labute approximate surface area is 119 Å². The Morgan fingerprint density at radius 1 is 1.15 bits per heavy atom. The second-order valence-corrected chi connectivity index (χ2v) is 5.05. The van der Waals surface area contributed by atoms with Crippen molar-refractivity contribution in [3.05, 3.63) is 54.6 Å². The Kier molecular flexibility index (Phi) is 5.09. The summed E-state index contributed by atoms with van der Waals surface area (Å²) in [4.78, 5) is 1.90. The molecule has 108 valence electrons. The van der Waals surface area contributed by atoms with E-state index >= 15 is 0 Å². The lowest BCUT2D eigenvalue weighted by Gasteiger charge is -2.42. The molecule has 20 heavy (non-hydrogen) atoms. The molecule has 1 aromatic carbocycles. The van der Waals surface area contributed by atoms with Gasteiger partial charge in [0.05, 0.1) is 12.1 Å². The Morgan fingerprint density at radius 3 is 2.50 bits per heavy atom. The van der Waals surface area contributed by atoms with Gasteiger partial charge in [-0.3, -0.25) is 4.90 Å². The minimum Gasteiger partial charge on any atom is -0.389 e. The van der Waals surface area contributed by atoms with Crippen LogP contribution >= 0.6 is 0 Å². The molecule has 0 aromatic heterocycles. The van der Waals surface area contributed by atoms with Gasteiger partial charge in [0.15, 0.2) is 0 Å². The van der Waals surface area contributed by atoms with Crippen LogP contribution in [0, 0.1) is 0 Å². The van der Waals surface area contributed by atoms with Gasteiger partial charge in [-0.2, -0.15) is 0 Å². The Morgan fingerprint density at radius 2 is 1.85 bits per heavy atom. The molecule has 4 atom stereocenters. The van der Waals surface area contributed by atoms with Crippen molar-refractivity contribution in [2.75, 3.05) is 13.1 Å². The summed E-state index contributed by atoms with van der Waals surface area (Å²) < 4.78 is 0. The van der Waals surface area contributed by atoms with Crippen LogP contribution < -0.4 is 0 Å². The minimum atomic E-state index is -1.12. The van der Waals surface area contributed by atoms with E-state index in [2.05, 4.69) is 6.58 Å². The zero-order valence-corrected chi connectivity index (χ0v) is 11.3. The third-order valence-corrected chi connectivity index (χ3v) is 3.59. The summed E-state index contributed by atoms with van der Waals surface area (Å²) in [5.74, 6) is 0. The van der Waals surface area contributed by atoms with Crippen molar-refractivity contribution in [1.29, 1.82) is 0 Å². The third-order valence-electron chi connectivity index (χ3n) is 3.59. The summed E-state index contributed by atoms with van der Waals surface area (Å²) >= 11 is 0. The van der Waals surface area contributed by atoms with E-state index in [-0.39, 0.29) is 6.04 Å². The second kappa shape index (κ2) is 6.81. The molecule has 0 unspecified atom stereocenters. The first-order valence-corrected chi connectivity index (χ1v) is 6.76. The van der Waals surface area contributed by atoms with E-state index in [1.165, 1.54) is 0 Å². The fraction of sp³-hybridized carbons (Fsp3) is 0.375. The zero-order valence-electron chi connectivity index (χ0n) is 11.3. The molecular formula is C16H21NO3. The molecule has 0 saturated carbocycles. The number of rotatable bonds is 4. The van der Waals surface area contributed by atoms with Crippen molar-refractivity contribution in [1.82, 2.24) is 4.90 Å². The van der Waals surface area contributed by atoms with E-state index < -0.39 is 18.3 Å². The SMILES string of the molecule is C=CCN1C[C@@H](O)[C@@H](O)[C@H](O)[C@@H]1/C=C/c1ccccc1. The largest absolute Gasteiger partial charge is 0.389 e. The third kappa shape index (κ3) is 3.35. The molecule has 4 nitrogen and oxygen atoms in total. The van der Waals surface area contributed by atoms with Crippen LogP contribution in [0.2, 0.25) is 0 Å². The fourth-order valence-electron chi connectivity index (χ4n) is 2.49. The molecule has 0 radical (unpaired) electrons. The molecule has 1 aliphatic rings. The highest BCUT2D eigenvalue weighted by Crippen LogP contribution is 2.20. The first-order chi connectivity index (χ1) is 9.63. The van der Waals surface area contributed by atoms with Gasteiger partial charge in [0.25, 0.3) is 0 Å². The number of piperidine rings is 1. The topological polar surface area (TPSA) is 63.9 Å². The average Bonchev–Trinajstić information content (AvgIpc) is 2.46. The summed E-state index contributed by atoms with van der Waals surface area (Å²) in [6.07, 6.45) is 2.42. The number of hydrogen-bond acceptors (Lipinski definition) is 4. The van der Waals surface area contributed by atoms with Gasteiger partial charge in [-0.05, 0) is 5.56 Å². The molecule has 0 bridgehead atoms. The Hall–Kier alpha value is -1.46. The van der Waals surface area contributed by atoms with Crippen LogP contribution in [0.1, 0.15) is 5.56 Å². The molecule has 0 spiro atoms. The second-order valence-electron chi connectivity index (χ2n) is 5.05. The molecule has 1 fully saturated rings. The molecule has 1 aromatic rings. The number of likely N-dealkylation sites (tertiary alicyclic amines) is 1. The van der Waals surface area contributed by atoms with Crippen LogP contribution in [0.5, 0.6) is 0 Å². The van der Waals surface area contributed by atoms with Crippen molar-refractivity contribution >= 4 is 6.08 Å². The Balaban J connectivity index is 2.16. The van der Waals surface area contributed by atoms with Gasteiger partial charge in [0.2, 0.25) is 0 Å². The first-order valence-electron chi connectivity index (χ1n) is 6.76. The minimum absolute atomic E-state index is 0.314. The molecule has 2 rings (SSSR count). The molecule has 3 N–H and O–H groups in total. The highest BCUT2D eigenvalue weighted by atomic mass is 16.4. The average molecular weight is 275 g/mol. The van der Waals surface area contributed by atoms with Crippen molar-refractivity contribution in [3.63, 3.8) is 0 Å². The lowest BCUT2D eigenvalue weighted by atomic mass is 9.93. The predicted molar refractivity (Wildman–Crippen MR) is 79.1 cm³/mol. The smallest absolute Gasteiger partial charge is 0.109 e. The highest BCUT2D eigenvalue weighted by Gasteiger charge is 2.39. The number of aliphatic hydroxyl groups excluding tert-OH is 3. The van der Waals surface area contributed by atoms with Crippen LogP contribution in [0.4, 0.5) is 0 Å². The number of β-amino-alcohol motifs (C(OH)–C–C–N with tert-alkyl or cyclic N) is 1. The lowest BCUT2D eigenvalue weighted by Crippen LogP contribution is -2.60. The molecule has 1 heterocycles. The van der Waals surface area contributed by atoms with Crippen LogP contribution in [-0.2, 0) is 0 Å². The first kappa shape index (κ1) is 14.9. The molecular weight excluding hydrogens is 254 g/mol. The zero-order chi connectivity index (χ0) is 14.5. The molecule has 1 aliphatic heterocycles. The van der Waals surface area contributed by atoms with Crippen molar-refractivity contribution in [3.8, 4) is 0 Å². The van der Waals surface area contributed by atoms with Crippen LogP contribution in [0.3, 0.4) is 0 Å². The van der Waals surface area contributed by atoms with Crippen LogP contribution in [-0.4, -0.2) is 57.7 Å². The maximum absolute atomic E-state index is 10.1. The number of hydrogen-bond donors (Lipinski definition) is 3. The van der Waals surface area contributed by atoms with Gasteiger partial charge in [-0.25, -0.2) is 0 Å². The summed E-state index contributed by atoms with van der Waals surface area (Å²) in [5.41, 5.74) is 1.03. The monoisotopic (exact) mass is 275 g/mol. The van der Waals surface area contributed by atoms with Crippen molar-refractivity contribution in [2.24, 2.45) is 0 Å². The summed E-state index contributed by atoms with van der Waals surface area (Å²) in [5, 5.41) is 29.7. The Bertz CT molecular complexity index is 460. The van der Waals surface area contributed by atoms with Crippen molar-refractivity contribution in [2.45, 2.75) is 24.4 Å². The van der Waals surface area contributed by atoms with E-state index in [0.717, 1.165) is 5.56 Å². The van der Waals surface area contributed by atoms with Gasteiger partial charge in [0.1, 0.15) is 12.2 Å². The van der Waals surface area contributed by atoms with Gasteiger partial charge in [-0.15, -0.1) is 6.58 Å².